The summed E-state index contributed by atoms with van der Waals surface area (Å²) in [4.78, 5) is 1.00. The molecule has 0 aromatic heterocycles. The Morgan fingerprint density at radius 2 is 2.00 bits per heavy atom. The Morgan fingerprint density at radius 1 is 1.20 bits per heavy atom. The van der Waals surface area contributed by atoms with E-state index in [4.69, 9.17) is 27.9 Å². The lowest BCUT2D eigenvalue weighted by Crippen LogP contribution is -2.28. The normalized spacial score (nSPS) is 15.2. The fourth-order valence-corrected chi connectivity index (χ4v) is 3.78. The molecule has 0 bridgehead atoms. The molecule has 2 aromatic carbocycles. The van der Waals surface area contributed by atoms with Gasteiger partial charge in [-0.3, -0.25) is 0 Å². The van der Waals surface area contributed by atoms with E-state index in [-0.39, 0.29) is 0 Å². The van der Waals surface area contributed by atoms with Crippen molar-refractivity contribution in [3.8, 4) is 0 Å². The van der Waals surface area contributed by atoms with Gasteiger partial charge < -0.3 is 9.68 Å². The maximum absolute atomic E-state index is 12.6. The topological polar surface area (TPSA) is 46.5 Å². The molecule has 0 amide bonds. The van der Waals surface area contributed by atoms with Gasteiger partial charge in [-0.15, -0.1) is 0 Å². The first kappa shape index (κ1) is 14.1. The highest BCUT2D eigenvalue weighted by atomic mass is 35.5. The zero-order valence-corrected chi connectivity index (χ0v) is 12.5. The highest BCUT2D eigenvalue weighted by molar-refractivity contribution is 7.85. The van der Waals surface area contributed by atoms with Crippen LogP contribution in [0, 0.1) is 0 Å². The number of hydrogen-bond donors (Lipinski definition) is 1. The van der Waals surface area contributed by atoms with Gasteiger partial charge in [-0.1, -0.05) is 29.3 Å². The third-order valence-electron chi connectivity index (χ3n) is 3.09. The number of benzene rings is 2. The molecule has 3 nitrogen and oxygen atoms in total. The predicted octanol–water partition coefficient (Wildman–Crippen LogP) is 2.38. The van der Waals surface area contributed by atoms with Gasteiger partial charge in [0.05, 0.1) is 27.3 Å². The Balaban J connectivity index is 2.03. The molecule has 0 saturated heterocycles. The fourth-order valence-electron chi connectivity index (χ4n) is 2.05. The van der Waals surface area contributed by atoms with Gasteiger partial charge in [0.2, 0.25) is 0 Å². The molecule has 0 aliphatic carbocycles. The van der Waals surface area contributed by atoms with E-state index in [2.05, 4.69) is 0 Å². The first-order valence-corrected chi connectivity index (χ1v) is 7.76. The smallest absolute Gasteiger partial charge is 0.423 e. The average Bonchev–Trinajstić information content (AvgIpc) is 2.82. The minimum absolute atomic E-state index is 0.362. The summed E-state index contributed by atoms with van der Waals surface area (Å²) in [6.45, 7) is 0.362. The van der Waals surface area contributed by atoms with Crippen LogP contribution in [0.2, 0.25) is 10.0 Å². The molecule has 2 aromatic rings. The maximum Gasteiger partial charge on any atom is 0.491 e. The van der Waals surface area contributed by atoms with Crippen LogP contribution in [0.3, 0.4) is 0 Å². The van der Waals surface area contributed by atoms with Crippen LogP contribution in [-0.4, -0.2) is 16.4 Å². The van der Waals surface area contributed by atoms with Crippen molar-refractivity contribution >= 4 is 46.6 Å². The van der Waals surface area contributed by atoms with E-state index in [0.29, 0.717) is 31.9 Å². The minimum Gasteiger partial charge on any atom is -0.423 e. The SMILES string of the molecule is O=S(c1ccc2c(c1)B(O)OC2)c1cc(Cl)ccc1Cl. The minimum atomic E-state index is -1.46. The fraction of sp³-hybridized carbons (Fsp3) is 0.0769. The molecule has 1 heterocycles. The Bertz CT molecular complexity index is 708. The van der Waals surface area contributed by atoms with Crippen LogP contribution in [0.5, 0.6) is 0 Å². The van der Waals surface area contributed by atoms with E-state index in [9.17, 15) is 9.23 Å². The summed E-state index contributed by atoms with van der Waals surface area (Å²) in [5.74, 6) is 0. The van der Waals surface area contributed by atoms with Gasteiger partial charge in [0.1, 0.15) is 0 Å². The van der Waals surface area contributed by atoms with Crippen molar-refractivity contribution in [2.24, 2.45) is 0 Å². The van der Waals surface area contributed by atoms with Gasteiger partial charge in [0.25, 0.3) is 0 Å². The van der Waals surface area contributed by atoms with Crippen LogP contribution in [0.25, 0.3) is 0 Å². The van der Waals surface area contributed by atoms with E-state index in [1.165, 1.54) is 0 Å². The van der Waals surface area contributed by atoms with Crippen LogP contribution in [0.4, 0.5) is 0 Å². The van der Waals surface area contributed by atoms with E-state index in [1.807, 2.05) is 0 Å². The Hall–Kier alpha value is -0.845. The molecule has 0 fully saturated rings. The molecule has 1 unspecified atom stereocenters. The number of hydrogen-bond acceptors (Lipinski definition) is 3. The molecule has 1 atom stereocenters. The van der Waals surface area contributed by atoms with Gasteiger partial charge >= 0.3 is 7.12 Å². The average molecular weight is 327 g/mol. The van der Waals surface area contributed by atoms with Crippen molar-refractivity contribution in [1.82, 2.24) is 0 Å². The highest BCUT2D eigenvalue weighted by Gasteiger charge is 2.28. The largest absolute Gasteiger partial charge is 0.491 e. The molecule has 0 spiro atoms. The van der Waals surface area contributed by atoms with Crippen LogP contribution in [0.1, 0.15) is 5.56 Å². The van der Waals surface area contributed by atoms with Crippen molar-refractivity contribution < 1.29 is 13.9 Å². The summed E-state index contributed by atoms with van der Waals surface area (Å²) in [6.07, 6.45) is 0. The van der Waals surface area contributed by atoms with Crippen LogP contribution in [0.15, 0.2) is 46.2 Å². The Labute approximate surface area is 129 Å². The highest BCUT2D eigenvalue weighted by Crippen LogP contribution is 2.27. The van der Waals surface area contributed by atoms with E-state index < -0.39 is 17.9 Å². The quantitative estimate of drug-likeness (QED) is 0.862. The van der Waals surface area contributed by atoms with Crippen molar-refractivity contribution in [2.45, 2.75) is 16.4 Å². The Morgan fingerprint density at radius 3 is 2.80 bits per heavy atom. The second kappa shape index (κ2) is 5.50. The molecule has 1 aliphatic heterocycles. The van der Waals surface area contributed by atoms with Crippen molar-refractivity contribution in [3.05, 3.63) is 52.0 Å². The summed E-state index contributed by atoms with van der Waals surface area (Å²) >= 11 is 12.0. The first-order chi connectivity index (χ1) is 9.56. The molecule has 20 heavy (non-hydrogen) atoms. The predicted molar refractivity (Wildman–Crippen MR) is 80.0 cm³/mol. The summed E-state index contributed by atoms with van der Waals surface area (Å²) in [5, 5.41) is 10.6. The standard InChI is InChI=1S/C13H9BCl2O3S/c15-9-2-4-12(16)13(5-9)20(18)10-3-1-8-7-19-14(17)11(8)6-10/h1-6,17H,7H2. The summed E-state index contributed by atoms with van der Waals surface area (Å²) in [5.41, 5.74) is 1.55. The van der Waals surface area contributed by atoms with Gasteiger partial charge in [0, 0.05) is 9.92 Å². The second-order valence-corrected chi connectivity index (χ2v) is 6.66. The van der Waals surface area contributed by atoms with Gasteiger partial charge in [0.15, 0.2) is 0 Å². The summed E-state index contributed by atoms with van der Waals surface area (Å²) < 4.78 is 17.7. The number of rotatable bonds is 2. The van der Waals surface area contributed by atoms with Crippen molar-refractivity contribution in [2.75, 3.05) is 0 Å². The number of fused-ring (bicyclic) bond motifs is 1. The molecule has 1 aliphatic rings. The lowest BCUT2D eigenvalue weighted by molar-refractivity contribution is 0.275. The molecule has 7 heteroatoms. The summed E-state index contributed by atoms with van der Waals surface area (Å²) in [6, 6.07) is 10.1. The maximum atomic E-state index is 12.6. The molecule has 3 rings (SSSR count). The molecule has 1 N–H and O–H groups in total. The zero-order valence-electron chi connectivity index (χ0n) is 10.2. The van der Waals surface area contributed by atoms with Gasteiger partial charge in [-0.25, -0.2) is 4.21 Å². The van der Waals surface area contributed by atoms with Crippen molar-refractivity contribution in [1.29, 1.82) is 0 Å². The zero-order chi connectivity index (χ0) is 14.3. The monoisotopic (exact) mass is 326 g/mol. The lowest BCUT2D eigenvalue weighted by atomic mass is 9.80. The van der Waals surface area contributed by atoms with Gasteiger partial charge in [-0.05, 0) is 41.4 Å². The van der Waals surface area contributed by atoms with E-state index in [0.717, 1.165) is 5.56 Å². The molecule has 102 valence electrons. The molecule has 0 radical (unpaired) electrons. The third kappa shape index (κ3) is 2.52. The van der Waals surface area contributed by atoms with Gasteiger partial charge in [-0.2, -0.15) is 0 Å². The first-order valence-electron chi connectivity index (χ1n) is 5.85. The number of halogens is 2. The Kier molecular flexibility index (Phi) is 3.88. The summed E-state index contributed by atoms with van der Waals surface area (Å²) in [7, 11) is -2.42. The lowest BCUT2D eigenvalue weighted by Gasteiger charge is -2.07. The molecular formula is C13H9BCl2O3S. The third-order valence-corrected chi connectivity index (χ3v) is 5.18. The van der Waals surface area contributed by atoms with Crippen LogP contribution < -0.4 is 5.46 Å². The van der Waals surface area contributed by atoms with Crippen molar-refractivity contribution in [3.63, 3.8) is 0 Å². The molecular weight excluding hydrogens is 318 g/mol. The van der Waals surface area contributed by atoms with E-state index >= 15 is 0 Å². The second-order valence-electron chi connectivity index (χ2n) is 4.37. The van der Waals surface area contributed by atoms with Crippen LogP contribution >= 0.6 is 23.2 Å². The van der Waals surface area contributed by atoms with E-state index in [1.54, 1.807) is 36.4 Å². The van der Waals surface area contributed by atoms with Crippen LogP contribution in [-0.2, 0) is 22.1 Å². The molecule has 0 saturated carbocycles.